The predicted octanol–water partition coefficient (Wildman–Crippen LogP) is 0.471. The molecule has 1 atom stereocenters. The molecule has 4 heteroatoms. The van der Waals surface area contributed by atoms with Crippen molar-refractivity contribution in [3.8, 4) is 0 Å². The van der Waals surface area contributed by atoms with Gasteiger partial charge in [0.1, 0.15) is 0 Å². The molecule has 0 saturated carbocycles. The smallest absolute Gasteiger partial charge is 0.0964 e. The first-order valence-corrected chi connectivity index (χ1v) is 2.46. The minimum absolute atomic E-state index is 0. The van der Waals surface area contributed by atoms with Crippen molar-refractivity contribution in [3.05, 3.63) is 0 Å². The van der Waals surface area contributed by atoms with Gasteiger partial charge in [-0.05, 0) is 6.42 Å². The second kappa shape index (κ2) is 3.50. The summed E-state index contributed by atoms with van der Waals surface area (Å²) in [6.07, 6.45) is 1.03. The molecule has 1 fully saturated rings. The number of rotatable bonds is 0. The van der Waals surface area contributed by atoms with Crippen LogP contribution in [-0.4, -0.2) is 12.0 Å². The molecule has 0 aromatic heterocycles. The maximum Gasteiger partial charge on any atom is 0.0964 e. The molecule has 0 aromatic rings. The summed E-state index contributed by atoms with van der Waals surface area (Å²) in [5.74, 6) is 0. The maximum atomic E-state index is 5.54. The van der Waals surface area contributed by atoms with E-state index in [0.29, 0.717) is 0 Å². The Morgan fingerprint density at radius 3 is 2.43 bits per heavy atom. The molecule has 0 radical (unpaired) electrons. The Balaban J connectivity index is 0.000000360. The SMILES string of the molecule is Cl.ClC1CCNN1. The van der Waals surface area contributed by atoms with E-state index in [1.54, 1.807) is 0 Å². The monoisotopic (exact) mass is 142 g/mol. The van der Waals surface area contributed by atoms with E-state index in [9.17, 15) is 0 Å². The van der Waals surface area contributed by atoms with Crippen LogP contribution in [0.25, 0.3) is 0 Å². The highest BCUT2D eigenvalue weighted by Crippen LogP contribution is 1.98. The van der Waals surface area contributed by atoms with E-state index < -0.39 is 0 Å². The van der Waals surface area contributed by atoms with Crippen molar-refractivity contribution in [3.63, 3.8) is 0 Å². The molecule has 44 valence electrons. The third kappa shape index (κ3) is 2.34. The fourth-order valence-electron chi connectivity index (χ4n) is 0.454. The van der Waals surface area contributed by atoms with Crippen LogP contribution in [0.15, 0.2) is 0 Å². The molecule has 2 N–H and O–H groups in total. The van der Waals surface area contributed by atoms with E-state index in [0.717, 1.165) is 13.0 Å². The standard InChI is InChI=1S/C3H7ClN2.ClH/c4-3-1-2-5-6-3;/h3,5-6H,1-2H2;1H. The molecule has 1 rings (SSSR count). The van der Waals surface area contributed by atoms with Crippen molar-refractivity contribution < 1.29 is 0 Å². The first-order valence-electron chi connectivity index (χ1n) is 2.02. The zero-order valence-electron chi connectivity index (χ0n) is 3.78. The first kappa shape index (κ1) is 7.50. The number of hydrazine groups is 1. The summed E-state index contributed by atoms with van der Waals surface area (Å²) < 4.78 is 0. The molecular formula is C3H8Cl2N2. The zero-order chi connectivity index (χ0) is 4.41. The Morgan fingerprint density at radius 1 is 1.57 bits per heavy atom. The molecule has 1 aliphatic heterocycles. The van der Waals surface area contributed by atoms with Crippen molar-refractivity contribution >= 4 is 24.0 Å². The van der Waals surface area contributed by atoms with Crippen molar-refractivity contribution in [1.82, 2.24) is 10.9 Å². The van der Waals surface area contributed by atoms with Gasteiger partial charge < -0.3 is 0 Å². The minimum atomic E-state index is 0. The highest BCUT2D eigenvalue weighted by atomic mass is 35.5. The molecule has 1 saturated heterocycles. The van der Waals surface area contributed by atoms with Crippen LogP contribution in [0.5, 0.6) is 0 Å². The van der Waals surface area contributed by atoms with Crippen LogP contribution in [0, 0.1) is 0 Å². The summed E-state index contributed by atoms with van der Waals surface area (Å²) in [5.41, 5.74) is 5.88. The quantitative estimate of drug-likeness (QED) is 0.380. The molecule has 1 unspecified atom stereocenters. The largest absolute Gasteiger partial charge is 0.256 e. The van der Waals surface area contributed by atoms with Gasteiger partial charge in [0.2, 0.25) is 0 Å². The third-order valence-corrected chi connectivity index (χ3v) is 1.11. The second-order valence-electron chi connectivity index (χ2n) is 1.33. The molecule has 1 aliphatic rings. The predicted molar refractivity (Wildman–Crippen MR) is 32.6 cm³/mol. The summed E-state index contributed by atoms with van der Waals surface area (Å²) in [6.45, 7) is 0.994. The van der Waals surface area contributed by atoms with Gasteiger partial charge in [-0.3, -0.25) is 5.43 Å². The number of hydrogen-bond acceptors (Lipinski definition) is 2. The number of hydrogen-bond donors (Lipinski definition) is 2. The Kier molecular flexibility index (Phi) is 3.75. The lowest BCUT2D eigenvalue weighted by atomic mass is 10.5. The topological polar surface area (TPSA) is 24.1 Å². The van der Waals surface area contributed by atoms with Crippen LogP contribution < -0.4 is 10.9 Å². The third-order valence-electron chi connectivity index (χ3n) is 0.781. The normalized spacial score (nSPS) is 29.6. The Labute approximate surface area is 54.0 Å². The van der Waals surface area contributed by atoms with Crippen molar-refractivity contribution in [2.45, 2.75) is 11.9 Å². The van der Waals surface area contributed by atoms with Gasteiger partial charge in [-0.25, -0.2) is 5.43 Å². The molecule has 0 aromatic carbocycles. The van der Waals surface area contributed by atoms with E-state index >= 15 is 0 Å². The van der Waals surface area contributed by atoms with Crippen LogP contribution in [0.1, 0.15) is 6.42 Å². The average molecular weight is 143 g/mol. The van der Waals surface area contributed by atoms with Crippen LogP contribution in [0.2, 0.25) is 0 Å². The molecule has 0 bridgehead atoms. The zero-order valence-corrected chi connectivity index (χ0v) is 5.35. The fourth-order valence-corrected chi connectivity index (χ4v) is 0.640. The van der Waals surface area contributed by atoms with Gasteiger partial charge in [-0.2, -0.15) is 0 Å². The number of alkyl halides is 1. The maximum absolute atomic E-state index is 5.54. The van der Waals surface area contributed by atoms with Crippen molar-refractivity contribution in [2.24, 2.45) is 0 Å². The summed E-state index contributed by atoms with van der Waals surface area (Å²) in [5, 5.41) is 0. The van der Waals surface area contributed by atoms with Crippen molar-refractivity contribution in [1.29, 1.82) is 0 Å². The molecule has 7 heavy (non-hydrogen) atoms. The van der Waals surface area contributed by atoms with Gasteiger partial charge >= 0.3 is 0 Å². The molecule has 0 spiro atoms. The van der Waals surface area contributed by atoms with Gasteiger partial charge in [-0.15, -0.1) is 24.0 Å². The van der Waals surface area contributed by atoms with Crippen LogP contribution in [0.4, 0.5) is 0 Å². The van der Waals surface area contributed by atoms with Crippen LogP contribution in [0.3, 0.4) is 0 Å². The average Bonchev–Trinajstić information content (AvgIpc) is 1.86. The Morgan fingerprint density at radius 2 is 2.29 bits per heavy atom. The van der Waals surface area contributed by atoms with Gasteiger partial charge in [0.25, 0.3) is 0 Å². The van der Waals surface area contributed by atoms with Gasteiger partial charge in [0.05, 0.1) is 5.50 Å². The van der Waals surface area contributed by atoms with Crippen molar-refractivity contribution in [2.75, 3.05) is 6.54 Å². The van der Waals surface area contributed by atoms with Crippen LogP contribution in [-0.2, 0) is 0 Å². The summed E-state index contributed by atoms with van der Waals surface area (Å²) in [4.78, 5) is 0. The van der Waals surface area contributed by atoms with E-state index in [1.165, 1.54) is 0 Å². The second-order valence-corrected chi connectivity index (χ2v) is 1.85. The van der Waals surface area contributed by atoms with E-state index in [1.807, 2.05) is 0 Å². The molecular weight excluding hydrogens is 135 g/mol. The fraction of sp³-hybridized carbons (Fsp3) is 1.00. The lowest BCUT2D eigenvalue weighted by Gasteiger charge is -1.91. The summed E-state index contributed by atoms with van der Waals surface area (Å²) in [7, 11) is 0. The summed E-state index contributed by atoms with van der Waals surface area (Å²) >= 11 is 5.54. The Hall–Kier alpha value is 0.500. The molecule has 0 amide bonds. The van der Waals surface area contributed by atoms with Gasteiger partial charge in [0, 0.05) is 6.54 Å². The Bertz CT molecular complexity index is 44.2. The molecule has 1 heterocycles. The first-order chi connectivity index (χ1) is 2.89. The van der Waals surface area contributed by atoms with E-state index in [-0.39, 0.29) is 17.9 Å². The number of nitrogens with one attached hydrogen (secondary N) is 2. The van der Waals surface area contributed by atoms with E-state index in [4.69, 9.17) is 11.6 Å². The molecule has 2 nitrogen and oxygen atoms in total. The van der Waals surface area contributed by atoms with Gasteiger partial charge in [-0.1, -0.05) is 0 Å². The van der Waals surface area contributed by atoms with Gasteiger partial charge in [0.15, 0.2) is 0 Å². The lowest BCUT2D eigenvalue weighted by Crippen LogP contribution is -2.25. The van der Waals surface area contributed by atoms with Crippen LogP contribution >= 0.6 is 24.0 Å². The molecule has 0 aliphatic carbocycles. The van der Waals surface area contributed by atoms with E-state index in [2.05, 4.69) is 10.9 Å². The minimum Gasteiger partial charge on any atom is -0.256 e. The summed E-state index contributed by atoms with van der Waals surface area (Å²) in [6, 6.07) is 0. The lowest BCUT2D eigenvalue weighted by molar-refractivity contribution is 0.663. The highest BCUT2D eigenvalue weighted by Gasteiger charge is 2.07. The number of halogens is 2. The highest BCUT2D eigenvalue weighted by molar-refractivity contribution is 6.20.